The van der Waals surface area contributed by atoms with Gasteiger partial charge in [0.1, 0.15) is 0 Å². The Labute approximate surface area is 96.5 Å². The van der Waals surface area contributed by atoms with E-state index in [1.165, 1.54) is 5.69 Å². The fraction of sp³-hybridized carbons (Fsp3) is 0.462. The first-order valence-corrected chi connectivity index (χ1v) is 5.69. The zero-order valence-electron chi connectivity index (χ0n) is 9.56. The molecule has 0 saturated carbocycles. The Morgan fingerprint density at radius 3 is 2.56 bits per heavy atom. The first-order chi connectivity index (χ1) is 7.69. The Kier molecular flexibility index (Phi) is 3.12. The standard InChI is InChI=1S/C13H17N3/c1-10-6-12(15)9-16(8-10)13-4-2-11(7-14)3-5-13/h2-5,10,12H,6,8-9,15H2,1H3. The van der Waals surface area contributed by atoms with E-state index in [4.69, 9.17) is 11.0 Å². The van der Waals surface area contributed by atoms with Crippen LogP contribution >= 0.6 is 0 Å². The number of benzene rings is 1. The third kappa shape index (κ3) is 2.34. The number of nitrogens with zero attached hydrogens (tertiary/aromatic N) is 2. The second-order valence-electron chi connectivity index (χ2n) is 4.66. The predicted octanol–water partition coefficient (Wildman–Crippen LogP) is 1.73. The summed E-state index contributed by atoms with van der Waals surface area (Å²) in [4.78, 5) is 2.31. The summed E-state index contributed by atoms with van der Waals surface area (Å²) in [7, 11) is 0. The summed E-state index contributed by atoms with van der Waals surface area (Å²) < 4.78 is 0. The van der Waals surface area contributed by atoms with Crippen LogP contribution in [0, 0.1) is 17.2 Å². The van der Waals surface area contributed by atoms with Crippen molar-refractivity contribution in [1.82, 2.24) is 0 Å². The molecule has 0 amide bonds. The van der Waals surface area contributed by atoms with Gasteiger partial charge in [0.15, 0.2) is 0 Å². The van der Waals surface area contributed by atoms with Crippen molar-refractivity contribution in [2.24, 2.45) is 11.7 Å². The number of hydrogen-bond acceptors (Lipinski definition) is 3. The van der Waals surface area contributed by atoms with Crippen LogP contribution in [0.2, 0.25) is 0 Å². The third-order valence-corrected chi connectivity index (χ3v) is 3.05. The molecule has 2 N–H and O–H groups in total. The maximum atomic E-state index is 8.74. The monoisotopic (exact) mass is 215 g/mol. The number of nitriles is 1. The molecular weight excluding hydrogens is 198 g/mol. The molecule has 1 aliphatic rings. The number of nitrogens with two attached hydrogens (primary N) is 1. The maximum Gasteiger partial charge on any atom is 0.0991 e. The summed E-state index contributed by atoms with van der Waals surface area (Å²) in [6, 6.07) is 10.1. The van der Waals surface area contributed by atoms with Crippen LogP contribution < -0.4 is 10.6 Å². The van der Waals surface area contributed by atoms with E-state index in [1.807, 2.05) is 24.3 Å². The summed E-state index contributed by atoms with van der Waals surface area (Å²) in [5.41, 5.74) is 7.89. The zero-order valence-corrected chi connectivity index (χ0v) is 9.56. The first-order valence-electron chi connectivity index (χ1n) is 5.69. The van der Waals surface area contributed by atoms with Crippen LogP contribution in [0.4, 0.5) is 5.69 Å². The molecule has 84 valence electrons. The minimum absolute atomic E-state index is 0.263. The molecule has 0 bridgehead atoms. The third-order valence-electron chi connectivity index (χ3n) is 3.05. The smallest absolute Gasteiger partial charge is 0.0991 e. The molecule has 0 aliphatic carbocycles. The zero-order chi connectivity index (χ0) is 11.5. The van der Waals surface area contributed by atoms with Gasteiger partial charge in [-0.25, -0.2) is 0 Å². The van der Waals surface area contributed by atoms with Crippen LogP contribution in [0.5, 0.6) is 0 Å². The highest BCUT2D eigenvalue weighted by Gasteiger charge is 2.22. The molecule has 2 atom stereocenters. The van der Waals surface area contributed by atoms with Crippen molar-refractivity contribution in [3.8, 4) is 6.07 Å². The van der Waals surface area contributed by atoms with Crippen molar-refractivity contribution in [2.75, 3.05) is 18.0 Å². The van der Waals surface area contributed by atoms with Crippen LogP contribution in [0.15, 0.2) is 24.3 Å². The lowest BCUT2D eigenvalue weighted by molar-refractivity contribution is 0.401. The van der Waals surface area contributed by atoms with Gasteiger partial charge in [0.05, 0.1) is 11.6 Å². The van der Waals surface area contributed by atoms with Gasteiger partial charge < -0.3 is 10.6 Å². The molecule has 3 heteroatoms. The van der Waals surface area contributed by atoms with Crippen molar-refractivity contribution in [2.45, 2.75) is 19.4 Å². The van der Waals surface area contributed by atoms with E-state index < -0.39 is 0 Å². The molecule has 2 rings (SSSR count). The summed E-state index contributed by atoms with van der Waals surface area (Å²) >= 11 is 0. The topological polar surface area (TPSA) is 53.0 Å². The van der Waals surface area contributed by atoms with Crippen molar-refractivity contribution < 1.29 is 0 Å². The number of rotatable bonds is 1. The average Bonchev–Trinajstić information content (AvgIpc) is 2.28. The van der Waals surface area contributed by atoms with Crippen molar-refractivity contribution in [1.29, 1.82) is 5.26 Å². The van der Waals surface area contributed by atoms with E-state index in [0.29, 0.717) is 11.5 Å². The second kappa shape index (κ2) is 4.54. The summed E-state index contributed by atoms with van der Waals surface area (Å²) in [6.07, 6.45) is 1.10. The largest absolute Gasteiger partial charge is 0.370 e. The number of hydrogen-bond donors (Lipinski definition) is 1. The fourth-order valence-corrected chi connectivity index (χ4v) is 2.36. The number of piperidine rings is 1. The lowest BCUT2D eigenvalue weighted by atomic mass is 9.96. The highest BCUT2D eigenvalue weighted by molar-refractivity contribution is 5.50. The Morgan fingerprint density at radius 1 is 1.31 bits per heavy atom. The maximum absolute atomic E-state index is 8.74. The van der Waals surface area contributed by atoms with E-state index in [0.717, 1.165) is 19.5 Å². The van der Waals surface area contributed by atoms with Crippen LogP contribution in [-0.4, -0.2) is 19.1 Å². The lowest BCUT2D eigenvalue weighted by Gasteiger charge is -2.36. The SMILES string of the molecule is CC1CC(N)CN(c2ccc(C#N)cc2)C1. The van der Waals surface area contributed by atoms with E-state index in [9.17, 15) is 0 Å². The summed E-state index contributed by atoms with van der Waals surface area (Å²) in [5.74, 6) is 0.638. The second-order valence-corrected chi connectivity index (χ2v) is 4.66. The van der Waals surface area contributed by atoms with Gasteiger partial charge >= 0.3 is 0 Å². The van der Waals surface area contributed by atoms with Crippen LogP contribution in [0.3, 0.4) is 0 Å². The molecule has 0 aromatic heterocycles. The first kappa shape index (κ1) is 11.0. The Balaban J connectivity index is 2.14. The van der Waals surface area contributed by atoms with Gasteiger partial charge in [-0.1, -0.05) is 6.92 Å². The number of anilines is 1. The van der Waals surface area contributed by atoms with Crippen LogP contribution in [-0.2, 0) is 0 Å². The lowest BCUT2D eigenvalue weighted by Crippen LogP contribution is -2.46. The molecule has 0 spiro atoms. The quantitative estimate of drug-likeness (QED) is 0.776. The van der Waals surface area contributed by atoms with Crippen molar-refractivity contribution in [3.63, 3.8) is 0 Å². The van der Waals surface area contributed by atoms with Gasteiger partial charge in [0, 0.05) is 24.8 Å². The molecule has 2 unspecified atom stereocenters. The molecule has 1 saturated heterocycles. The summed E-state index contributed by atoms with van der Waals surface area (Å²) in [6.45, 7) is 4.20. The van der Waals surface area contributed by atoms with Crippen LogP contribution in [0.1, 0.15) is 18.9 Å². The highest BCUT2D eigenvalue weighted by atomic mass is 15.2. The van der Waals surface area contributed by atoms with Crippen molar-refractivity contribution in [3.05, 3.63) is 29.8 Å². The molecule has 1 fully saturated rings. The Morgan fingerprint density at radius 2 is 2.00 bits per heavy atom. The normalized spacial score (nSPS) is 25.2. The van der Waals surface area contributed by atoms with Gasteiger partial charge in [-0.15, -0.1) is 0 Å². The Hall–Kier alpha value is -1.53. The van der Waals surface area contributed by atoms with Gasteiger partial charge in [0.2, 0.25) is 0 Å². The molecule has 1 aliphatic heterocycles. The fourth-order valence-electron chi connectivity index (χ4n) is 2.36. The van der Waals surface area contributed by atoms with Gasteiger partial charge in [-0.05, 0) is 36.6 Å². The van der Waals surface area contributed by atoms with Gasteiger partial charge in [-0.2, -0.15) is 5.26 Å². The van der Waals surface area contributed by atoms with Gasteiger partial charge in [0.25, 0.3) is 0 Å². The van der Waals surface area contributed by atoms with Gasteiger partial charge in [-0.3, -0.25) is 0 Å². The molecular formula is C13H17N3. The van der Waals surface area contributed by atoms with E-state index >= 15 is 0 Å². The van der Waals surface area contributed by atoms with E-state index in [-0.39, 0.29) is 6.04 Å². The molecule has 1 aromatic rings. The van der Waals surface area contributed by atoms with E-state index in [1.54, 1.807) is 0 Å². The molecule has 16 heavy (non-hydrogen) atoms. The molecule has 3 nitrogen and oxygen atoms in total. The van der Waals surface area contributed by atoms with E-state index in [2.05, 4.69) is 17.9 Å². The minimum Gasteiger partial charge on any atom is -0.370 e. The molecule has 1 heterocycles. The molecule has 1 aromatic carbocycles. The van der Waals surface area contributed by atoms with Crippen LogP contribution in [0.25, 0.3) is 0 Å². The minimum atomic E-state index is 0.263. The summed E-state index contributed by atoms with van der Waals surface area (Å²) in [5, 5.41) is 8.74. The average molecular weight is 215 g/mol. The molecule has 0 radical (unpaired) electrons. The Bertz CT molecular complexity index is 381. The van der Waals surface area contributed by atoms with Crippen molar-refractivity contribution >= 4 is 5.69 Å². The highest BCUT2D eigenvalue weighted by Crippen LogP contribution is 2.22. The predicted molar refractivity (Wildman–Crippen MR) is 65.1 cm³/mol.